The lowest BCUT2D eigenvalue weighted by atomic mass is 9.85. The molecule has 1 unspecified atom stereocenters. The fourth-order valence-electron chi connectivity index (χ4n) is 5.60. The van der Waals surface area contributed by atoms with Gasteiger partial charge >= 0.3 is 5.97 Å². The van der Waals surface area contributed by atoms with Crippen LogP contribution in [0.25, 0.3) is 0 Å². The molecule has 2 atom stereocenters. The van der Waals surface area contributed by atoms with E-state index in [1.54, 1.807) is 19.2 Å². The first-order chi connectivity index (χ1) is 18.2. The van der Waals surface area contributed by atoms with Crippen LogP contribution in [0.5, 0.6) is 28.7 Å². The van der Waals surface area contributed by atoms with Crippen LogP contribution in [0.2, 0.25) is 0 Å². The first-order valence-corrected chi connectivity index (χ1v) is 13.5. The zero-order chi connectivity index (χ0) is 27.4. The highest BCUT2D eigenvalue weighted by Crippen LogP contribution is 2.56. The normalized spacial score (nSPS) is 21.9. The van der Waals surface area contributed by atoms with Crippen molar-refractivity contribution in [3.63, 3.8) is 0 Å². The van der Waals surface area contributed by atoms with Crippen LogP contribution in [0.1, 0.15) is 39.2 Å². The largest absolute Gasteiger partial charge is 0.503 e. The molecule has 0 aliphatic carbocycles. The van der Waals surface area contributed by atoms with E-state index in [-0.39, 0.29) is 54.7 Å². The molecule has 12 nitrogen and oxygen atoms in total. The van der Waals surface area contributed by atoms with Crippen molar-refractivity contribution in [3.8, 4) is 28.7 Å². The van der Waals surface area contributed by atoms with Gasteiger partial charge in [-0.05, 0) is 25.1 Å². The number of carbonyl (C=O) groups is 1. The number of likely N-dealkylation sites (N-methyl/N-ethyl adjacent to an activating group) is 1. The highest BCUT2D eigenvalue weighted by atomic mass is 32.2. The molecule has 0 radical (unpaired) electrons. The van der Waals surface area contributed by atoms with Gasteiger partial charge in [0.15, 0.2) is 23.0 Å². The number of hydrogen-bond acceptors (Lipinski definition) is 11. The molecule has 3 heterocycles. The zero-order valence-corrected chi connectivity index (χ0v) is 22.3. The molecule has 3 aliphatic rings. The molecule has 0 bridgehead atoms. The summed E-state index contributed by atoms with van der Waals surface area (Å²) in [5.74, 6) is -1.59. The van der Waals surface area contributed by atoms with E-state index in [1.807, 2.05) is 4.90 Å². The van der Waals surface area contributed by atoms with E-state index < -0.39 is 39.6 Å². The van der Waals surface area contributed by atoms with Gasteiger partial charge in [-0.2, -0.15) is 4.31 Å². The number of ether oxygens (including phenoxy) is 5. The number of hydrogen-bond donors (Lipinski definition) is 2. The Morgan fingerprint density at radius 1 is 0.974 bits per heavy atom. The Hall–Kier alpha value is -3.26. The predicted octanol–water partition coefficient (Wildman–Crippen LogP) is 1.59. The number of phenols is 2. The third-order valence-electron chi connectivity index (χ3n) is 7.36. The number of morpholine rings is 1. The van der Waals surface area contributed by atoms with E-state index in [0.717, 1.165) is 0 Å². The Balaban J connectivity index is 1.73. The van der Waals surface area contributed by atoms with Crippen LogP contribution in [-0.2, 0) is 25.9 Å². The topological polar surface area (TPSA) is 144 Å². The van der Waals surface area contributed by atoms with Crippen LogP contribution in [0.4, 0.5) is 0 Å². The molecule has 0 amide bonds. The van der Waals surface area contributed by atoms with E-state index >= 15 is 0 Å². The Kier molecular flexibility index (Phi) is 6.80. The molecule has 0 aromatic heterocycles. The van der Waals surface area contributed by atoms with Crippen molar-refractivity contribution in [3.05, 3.63) is 34.4 Å². The number of phenolic OH excluding ortho intramolecular Hbond substituents is 2. The Labute approximate surface area is 220 Å². The average Bonchev–Trinajstić information content (AvgIpc) is 3.25. The number of aromatic hydroxyl groups is 2. The van der Waals surface area contributed by atoms with Crippen molar-refractivity contribution in [2.24, 2.45) is 0 Å². The summed E-state index contributed by atoms with van der Waals surface area (Å²) in [5.41, 5.74) is 1.35. The lowest BCUT2D eigenvalue weighted by molar-refractivity contribution is 0.00846. The maximum absolute atomic E-state index is 13.8. The van der Waals surface area contributed by atoms with Crippen LogP contribution >= 0.6 is 0 Å². The minimum Gasteiger partial charge on any atom is -0.503 e. The predicted molar refractivity (Wildman–Crippen MR) is 133 cm³/mol. The lowest BCUT2D eigenvalue weighted by Crippen LogP contribution is -2.42. The van der Waals surface area contributed by atoms with E-state index in [0.29, 0.717) is 29.0 Å². The van der Waals surface area contributed by atoms with Gasteiger partial charge in [0.25, 0.3) is 0 Å². The number of nitrogens with zero attached hydrogens (tertiary/aromatic N) is 2. The van der Waals surface area contributed by atoms with E-state index in [1.165, 1.54) is 25.6 Å². The zero-order valence-electron chi connectivity index (χ0n) is 21.5. The SMILES string of the molecule is COc1ccc2c(c1OC)C(=O)OC2[C@H]1c2c(c(S(=O)(=O)N3CCOCC3)c(O)c(O)c2OC)CCN1C. The fraction of sp³-hybridized carbons (Fsp3) is 0.480. The molecule has 0 saturated carbocycles. The van der Waals surface area contributed by atoms with Gasteiger partial charge in [0.1, 0.15) is 16.6 Å². The number of sulfonamides is 1. The molecule has 206 valence electrons. The van der Waals surface area contributed by atoms with Crippen molar-refractivity contribution in [1.82, 2.24) is 9.21 Å². The van der Waals surface area contributed by atoms with Gasteiger partial charge in [-0.25, -0.2) is 13.2 Å². The Bertz CT molecular complexity index is 1390. The average molecular weight is 551 g/mol. The summed E-state index contributed by atoms with van der Waals surface area (Å²) in [7, 11) is 1.80. The van der Waals surface area contributed by atoms with Gasteiger partial charge in [0, 0.05) is 30.8 Å². The number of rotatable bonds is 6. The third-order valence-corrected chi connectivity index (χ3v) is 9.37. The van der Waals surface area contributed by atoms with Gasteiger partial charge in [0.05, 0.1) is 40.6 Å². The molecular weight excluding hydrogens is 520 g/mol. The number of cyclic esters (lactones) is 1. The van der Waals surface area contributed by atoms with E-state index in [4.69, 9.17) is 23.7 Å². The number of fused-ring (bicyclic) bond motifs is 2. The maximum atomic E-state index is 13.8. The van der Waals surface area contributed by atoms with Crippen LogP contribution in [0.15, 0.2) is 17.0 Å². The maximum Gasteiger partial charge on any atom is 0.343 e. The van der Waals surface area contributed by atoms with E-state index in [2.05, 4.69) is 0 Å². The van der Waals surface area contributed by atoms with Crippen LogP contribution in [0, 0.1) is 0 Å². The summed E-state index contributed by atoms with van der Waals surface area (Å²) in [6, 6.07) is 2.62. The number of methoxy groups -OCH3 is 3. The molecule has 3 aliphatic heterocycles. The second kappa shape index (κ2) is 9.80. The monoisotopic (exact) mass is 550 g/mol. The minimum absolute atomic E-state index is 0.0834. The van der Waals surface area contributed by atoms with Gasteiger partial charge in [0.2, 0.25) is 15.8 Å². The molecule has 1 saturated heterocycles. The molecule has 38 heavy (non-hydrogen) atoms. The van der Waals surface area contributed by atoms with Crippen LogP contribution < -0.4 is 14.2 Å². The smallest absolute Gasteiger partial charge is 0.343 e. The Morgan fingerprint density at radius 2 is 1.66 bits per heavy atom. The molecule has 0 spiro atoms. The Morgan fingerprint density at radius 3 is 2.29 bits per heavy atom. The van der Waals surface area contributed by atoms with Gasteiger partial charge < -0.3 is 33.9 Å². The summed E-state index contributed by atoms with van der Waals surface area (Å²) in [4.78, 5) is 14.6. The quantitative estimate of drug-likeness (QED) is 0.400. The van der Waals surface area contributed by atoms with Gasteiger partial charge in [-0.1, -0.05) is 6.07 Å². The van der Waals surface area contributed by atoms with Crippen molar-refractivity contribution in [2.45, 2.75) is 23.5 Å². The highest BCUT2D eigenvalue weighted by Gasteiger charge is 2.48. The summed E-state index contributed by atoms with van der Waals surface area (Å²) in [5, 5.41) is 22.0. The molecule has 2 N–H and O–H groups in total. The van der Waals surface area contributed by atoms with Crippen LogP contribution in [-0.4, -0.2) is 95.0 Å². The number of esters is 1. The first kappa shape index (κ1) is 26.4. The van der Waals surface area contributed by atoms with Gasteiger partial charge in [-0.15, -0.1) is 0 Å². The molecular formula is C25H30N2O10S. The number of benzene rings is 2. The minimum atomic E-state index is -4.21. The second-order valence-electron chi connectivity index (χ2n) is 9.23. The molecule has 2 aromatic rings. The molecule has 1 fully saturated rings. The van der Waals surface area contributed by atoms with E-state index in [9.17, 15) is 23.4 Å². The first-order valence-electron chi connectivity index (χ1n) is 12.1. The lowest BCUT2D eigenvalue weighted by Gasteiger charge is -2.39. The molecule has 13 heteroatoms. The number of carbonyl (C=O) groups excluding carboxylic acids is 1. The van der Waals surface area contributed by atoms with Crippen LogP contribution in [0.3, 0.4) is 0 Å². The summed E-state index contributed by atoms with van der Waals surface area (Å²) >= 11 is 0. The second-order valence-corrected chi connectivity index (χ2v) is 11.1. The molecule has 2 aromatic carbocycles. The molecule has 5 rings (SSSR count). The van der Waals surface area contributed by atoms with Gasteiger partial charge in [-0.3, -0.25) is 4.90 Å². The summed E-state index contributed by atoms with van der Waals surface area (Å²) in [6.07, 6.45) is -0.650. The summed E-state index contributed by atoms with van der Waals surface area (Å²) < 4.78 is 56.3. The summed E-state index contributed by atoms with van der Waals surface area (Å²) in [6.45, 7) is 1.04. The van der Waals surface area contributed by atoms with Crippen molar-refractivity contribution in [2.75, 3.05) is 61.2 Å². The standard InChI is InChI=1S/C25H30N2O10S/c1-26-8-7-14-16(18(26)21-13-5-6-15(33-2)22(34-3)17(13)25(30)37-21)23(35-4)19(28)20(29)24(14)38(31,32)27-9-11-36-12-10-27/h5-6,18,21,28-29H,7-12H2,1-4H3/t18-,21?/m1/s1. The third kappa shape index (κ3) is 3.83. The highest BCUT2D eigenvalue weighted by molar-refractivity contribution is 7.89. The fourth-order valence-corrected chi connectivity index (χ4v) is 7.35. The van der Waals surface area contributed by atoms with Crippen molar-refractivity contribution in [1.29, 1.82) is 0 Å². The van der Waals surface area contributed by atoms with Crippen molar-refractivity contribution >= 4 is 16.0 Å². The van der Waals surface area contributed by atoms with Crippen molar-refractivity contribution < 1.29 is 47.1 Å².